The van der Waals surface area contributed by atoms with Crippen LogP contribution in [0.3, 0.4) is 0 Å². The van der Waals surface area contributed by atoms with Crippen LogP contribution in [0.25, 0.3) is 0 Å². The minimum absolute atomic E-state index is 0.662. The Labute approximate surface area is 109 Å². The molecule has 0 aromatic carbocycles. The largest absolute Gasteiger partial charge is 0.331 e. The fourth-order valence-corrected chi connectivity index (χ4v) is 4.70. The first kappa shape index (κ1) is 11.0. The molecule has 2 aliphatic carbocycles. The molecule has 2 saturated carbocycles. The lowest BCUT2D eigenvalue weighted by atomic mass is 9.83. The zero-order valence-corrected chi connectivity index (χ0v) is 11.2. The Morgan fingerprint density at radius 3 is 3.11 bits per heavy atom. The molecule has 3 nitrogen and oxygen atoms in total. The quantitative estimate of drug-likeness (QED) is 0.867. The van der Waals surface area contributed by atoms with Crippen LogP contribution < -0.4 is 5.32 Å². The van der Waals surface area contributed by atoms with E-state index in [9.17, 15) is 0 Å². The zero-order chi connectivity index (χ0) is 12.1. The van der Waals surface area contributed by atoms with Gasteiger partial charge in [0, 0.05) is 31.2 Å². The predicted molar refractivity (Wildman–Crippen MR) is 71.3 cm³/mol. The van der Waals surface area contributed by atoms with Crippen LogP contribution in [0.1, 0.15) is 50.0 Å². The van der Waals surface area contributed by atoms with E-state index in [0.717, 1.165) is 37.3 Å². The Morgan fingerprint density at radius 1 is 1.39 bits per heavy atom. The molecule has 4 unspecified atom stereocenters. The molecule has 0 spiro atoms. The number of nitrogens with zero attached hydrogens (tertiary/aromatic N) is 2. The normalized spacial score (nSPS) is 35.7. The molecular formula is C15H23N3. The van der Waals surface area contributed by atoms with Crippen LogP contribution in [-0.2, 0) is 13.0 Å². The first-order chi connectivity index (χ1) is 8.83. The van der Waals surface area contributed by atoms with Gasteiger partial charge in [-0.2, -0.15) is 0 Å². The van der Waals surface area contributed by atoms with Crippen molar-refractivity contribution < 1.29 is 0 Å². The third-order valence-corrected chi connectivity index (χ3v) is 5.66. The van der Waals surface area contributed by atoms with Crippen LogP contribution in [0.15, 0.2) is 6.33 Å². The van der Waals surface area contributed by atoms with Gasteiger partial charge in [0.05, 0.1) is 12.0 Å². The minimum atomic E-state index is 0.662. The molecule has 0 radical (unpaired) electrons. The lowest BCUT2D eigenvalue weighted by molar-refractivity contribution is 0.239. The van der Waals surface area contributed by atoms with Gasteiger partial charge in [-0.3, -0.25) is 0 Å². The van der Waals surface area contributed by atoms with E-state index in [2.05, 4.69) is 28.1 Å². The lowest BCUT2D eigenvalue weighted by Crippen LogP contribution is -2.28. The SMILES string of the molecule is CC(C1CC2CCC1C2)n1cnc2c1CCNC2. The highest BCUT2D eigenvalue weighted by Crippen LogP contribution is 2.52. The van der Waals surface area contributed by atoms with E-state index in [4.69, 9.17) is 0 Å². The minimum Gasteiger partial charge on any atom is -0.331 e. The maximum atomic E-state index is 4.61. The number of hydrogen-bond donors (Lipinski definition) is 1. The van der Waals surface area contributed by atoms with Gasteiger partial charge in [0.25, 0.3) is 0 Å². The van der Waals surface area contributed by atoms with Gasteiger partial charge in [-0.1, -0.05) is 6.42 Å². The second-order valence-electron chi connectivity index (χ2n) is 6.55. The molecule has 4 rings (SSSR count). The average Bonchev–Trinajstić information content (AvgIpc) is 3.12. The Bertz CT molecular complexity index is 451. The summed E-state index contributed by atoms with van der Waals surface area (Å²) in [5.74, 6) is 2.96. The standard InChI is InChI=1S/C15H23N3/c1-10(13-7-11-2-3-12(13)6-11)18-9-17-14-8-16-5-4-15(14)18/h9-13,16H,2-8H2,1H3. The van der Waals surface area contributed by atoms with Crippen molar-refractivity contribution in [3.05, 3.63) is 17.7 Å². The smallest absolute Gasteiger partial charge is 0.0954 e. The Balaban J connectivity index is 1.61. The summed E-state index contributed by atoms with van der Waals surface area (Å²) in [4.78, 5) is 4.61. The Kier molecular flexibility index (Phi) is 2.51. The molecule has 2 bridgehead atoms. The molecule has 98 valence electrons. The molecule has 3 heteroatoms. The molecule has 0 amide bonds. The molecule has 2 fully saturated rings. The van der Waals surface area contributed by atoms with Gasteiger partial charge in [0.15, 0.2) is 0 Å². The van der Waals surface area contributed by atoms with Gasteiger partial charge in [-0.25, -0.2) is 4.98 Å². The molecule has 1 N–H and O–H groups in total. The second-order valence-corrected chi connectivity index (χ2v) is 6.55. The average molecular weight is 245 g/mol. The number of hydrogen-bond acceptors (Lipinski definition) is 2. The summed E-state index contributed by atoms with van der Waals surface area (Å²) in [6.07, 6.45) is 9.22. The summed E-state index contributed by atoms with van der Waals surface area (Å²) in [6, 6.07) is 0.662. The van der Waals surface area contributed by atoms with Crippen LogP contribution in [0.5, 0.6) is 0 Å². The number of rotatable bonds is 2. The number of aromatic nitrogens is 2. The summed E-state index contributed by atoms with van der Waals surface area (Å²) in [6.45, 7) is 4.50. The van der Waals surface area contributed by atoms with Crippen LogP contribution in [-0.4, -0.2) is 16.1 Å². The number of nitrogens with one attached hydrogen (secondary N) is 1. The van der Waals surface area contributed by atoms with Gasteiger partial charge in [-0.15, -0.1) is 0 Å². The van der Waals surface area contributed by atoms with Crippen molar-refractivity contribution in [3.8, 4) is 0 Å². The van der Waals surface area contributed by atoms with Crippen molar-refractivity contribution in [1.29, 1.82) is 0 Å². The summed E-state index contributed by atoms with van der Waals surface area (Å²) in [7, 11) is 0. The predicted octanol–water partition coefficient (Wildman–Crippen LogP) is 2.53. The summed E-state index contributed by atoms with van der Waals surface area (Å²) >= 11 is 0. The molecular weight excluding hydrogens is 222 g/mol. The third kappa shape index (κ3) is 1.56. The number of fused-ring (bicyclic) bond motifs is 3. The maximum absolute atomic E-state index is 4.61. The molecule has 1 aliphatic heterocycles. The van der Waals surface area contributed by atoms with Crippen LogP contribution in [0, 0.1) is 17.8 Å². The number of imidazole rings is 1. The highest BCUT2D eigenvalue weighted by atomic mass is 15.1. The Hall–Kier alpha value is -0.830. The summed E-state index contributed by atoms with van der Waals surface area (Å²) < 4.78 is 2.50. The van der Waals surface area contributed by atoms with E-state index in [1.165, 1.54) is 37.1 Å². The van der Waals surface area contributed by atoms with E-state index in [1.807, 2.05) is 0 Å². The highest BCUT2D eigenvalue weighted by Gasteiger charge is 2.42. The third-order valence-electron chi connectivity index (χ3n) is 5.66. The van der Waals surface area contributed by atoms with E-state index in [1.54, 1.807) is 0 Å². The van der Waals surface area contributed by atoms with Crippen molar-refractivity contribution >= 4 is 0 Å². The molecule has 0 saturated heterocycles. The summed E-state index contributed by atoms with van der Waals surface area (Å²) in [5.41, 5.74) is 2.79. The monoisotopic (exact) mass is 245 g/mol. The topological polar surface area (TPSA) is 29.9 Å². The molecule has 4 atom stereocenters. The second kappa shape index (κ2) is 4.09. The van der Waals surface area contributed by atoms with Crippen molar-refractivity contribution in [2.24, 2.45) is 17.8 Å². The highest BCUT2D eigenvalue weighted by molar-refractivity contribution is 5.17. The van der Waals surface area contributed by atoms with Crippen LogP contribution in [0.2, 0.25) is 0 Å². The fourth-order valence-electron chi connectivity index (χ4n) is 4.70. The van der Waals surface area contributed by atoms with Crippen LogP contribution >= 0.6 is 0 Å². The van der Waals surface area contributed by atoms with Gasteiger partial charge < -0.3 is 9.88 Å². The van der Waals surface area contributed by atoms with E-state index in [-0.39, 0.29) is 0 Å². The first-order valence-electron chi connectivity index (χ1n) is 7.58. The van der Waals surface area contributed by atoms with Crippen molar-refractivity contribution in [2.75, 3.05) is 6.54 Å². The molecule has 1 aromatic heterocycles. The van der Waals surface area contributed by atoms with Crippen molar-refractivity contribution in [3.63, 3.8) is 0 Å². The van der Waals surface area contributed by atoms with Gasteiger partial charge in [0.1, 0.15) is 0 Å². The van der Waals surface area contributed by atoms with E-state index >= 15 is 0 Å². The van der Waals surface area contributed by atoms with Crippen molar-refractivity contribution in [2.45, 2.75) is 51.6 Å². The molecule has 1 aromatic rings. The molecule has 18 heavy (non-hydrogen) atoms. The van der Waals surface area contributed by atoms with Gasteiger partial charge >= 0.3 is 0 Å². The zero-order valence-electron chi connectivity index (χ0n) is 11.2. The van der Waals surface area contributed by atoms with E-state index in [0.29, 0.717) is 6.04 Å². The first-order valence-corrected chi connectivity index (χ1v) is 7.58. The lowest BCUT2D eigenvalue weighted by Gasteiger charge is -2.30. The van der Waals surface area contributed by atoms with Crippen molar-refractivity contribution in [1.82, 2.24) is 14.9 Å². The molecule has 3 aliphatic rings. The van der Waals surface area contributed by atoms with Gasteiger partial charge in [0.2, 0.25) is 0 Å². The summed E-state index contributed by atoms with van der Waals surface area (Å²) in [5, 5.41) is 3.41. The van der Waals surface area contributed by atoms with E-state index < -0.39 is 0 Å². The fraction of sp³-hybridized carbons (Fsp3) is 0.800. The maximum Gasteiger partial charge on any atom is 0.0954 e. The molecule has 2 heterocycles. The Morgan fingerprint density at radius 2 is 2.33 bits per heavy atom. The van der Waals surface area contributed by atoms with Crippen LogP contribution in [0.4, 0.5) is 0 Å². The van der Waals surface area contributed by atoms with Gasteiger partial charge in [-0.05, 0) is 43.9 Å².